The number of nitrogens with zero attached hydrogens (tertiary/aromatic N) is 1. The van der Waals surface area contributed by atoms with Gasteiger partial charge in [0.1, 0.15) is 0 Å². The van der Waals surface area contributed by atoms with Crippen LogP contribution in [0.1, 0.15) is 40.5 Å². The molecule has 0 spiro atoms. The highest BCUT2D eigenvalue weighted by molar-refractivity contribution is 5.85. The molecule has 19 heavy (non-hydrogen) atoms. The number of carbonyl (C=O) groups is 2. The van der Waals surface area contributed by atoms with Gasteiger partial charge >= 0.3 is 0 Å². The summed E-state index contributed by atoms with van der Waals surface area (Å²) in [5.41, 5.74) is 0. The molecule has 0 aliphatic carbocycles. The quantitative estimate of drug-likeness (QED) is 0.671. The van der Waals surface area contributed by atoms with E-state index in [1.165, 1.54) is 0 Å². The lowest BCUT2D eigenvalue weighted by atomic mass is 10.2. The molecule has 0 saturated carbocycles. The molecule has 0 bridgehead atoms. The summed E-state index contributed by atoms with van der Waals surface area (Å²) < 4.78 is 0. The molecule has 0 aromatic heterocycles. The summed E-state index contributed by atoms with van der Waals surface area (Å²) in [4.78, 5) is 25.0. The van der Waals surface area contributed by atoms with Crippen LogP contribution in [0.3, 0.4) is 0 Å². The highest BCUT2D eigenvalue weighted by Gasteiger charge is 2.12. The average Bonchev–Trinajstić information content (AvgIpc) is 2.35. The summed E-state index contributed by atoms with van der Waals surface area (Å²) in [6, 6.07) is 0.262. The highest BCUT2D eigenvalue weighted by atomic mass is 35.5. The number of amides is 2. The Hall–Kier alpha value is -0.810. The van der Waals surface area contributed by atoms with Gasteiger partial charge < -0.3 is 15.5 Å². The van der Waals surface area contributed by atoms with Gasteiger partial charge in [-0.1, -0.05) is 6.92 Å². The molecule has 0 saturated heterocycles. The van der Waals surface area contributed by atoms with E-state index in [1.54, 1.807) is 4.90 Å². The first-order valence-corrected chi connectivity index (χ1v) is 6.82. The second-order valence-electron chi connectivity index (χ2n) is 4.33. The van der Waals surface area contributed by atoms with Crippen molar-refractivity contribution in [1.29, 1.82) is 0 Å². The number of halogens is 1. The summed E-state index contributed by atoms with van der Waals surface area (Å²) in [6.45, 7) is 10.8. The zero-order valence-corrected chi connectivity index (χ0v) is 13.3. The fourth-order valence-electron chi connectivity index (χ4n) is 1.73. The van der Waals surface area contributed by atoms with E-state index >= 15 is 0 Å². The van der Waals surface area contributed by atoms with Crippen molar-refractivity contribution in [2.24, 2.45) is 0 Å². The van der Waals surface area contributed by atoms with Crippen LogP contribution in [0, 0.1) is 0 Å². The third-order valence-corrected chi connectivity index (χ3v) is 2.84. The van der Waals surface area contributed by atoms with Gasteiger partial charge in [0.25, 0.3) is 0 Å². The third-order valence-electron chi connectivity index (χ3n) is 2.84. The molecule has 5 nitrogen and oxygen atoms in total. The molecule has 0 aromatic rings. The topological polar surface area (TPSA) is 61.4 Å². The standard InChI is InChI=1S/C13H27N3O2.ClH/c1-5-14-11(4)10-15-12(17)8-9-13(18)16(6-2)7-3;/h11,14H,5-10H2,1-4H3,(H,15,17);1H/t11-;/m1./s1. The molecule has 0 fully saturated rings. The zero-order chi connectivity index (χ0) is 14.0. The fourth-order valence-corrected chi connectivity index (χ4v) is 1.73. The fraction of sp³-hybridized carbons (Fsp3) is 0.846. The average molecular weight is 294 g/mol. The van der Waals surface area contributed by atoms with Crippen LogP contribution in [0.4, 0.5) is 0 Å². The number of hydrogen-bond donors (Lipinski definition) is 2. The second kappa shape index (κ2) is 12.2. The minimum absolute atomic E-state index is 0. The molecule has 6 heteroatoms. The van der Waals surface area contributed by atoms with E-state index in [-0.39, 0.29) is 36.7 Å². The minimum atomic E-state index is -0.0553. The van der Waals surface area contributed by atoms with Crippen LogP contribution in [0.2, 0.25) is 0 Å². The molecular weight excluding hydrogens is 266 g/mol. The van der Waals surface area contributed by atoms with Crippen LogP contribution < -0.4 is 10.6 Å². The number of hydrogen-bond acceptors (Lipinski definition) is 3. The molecule has 114 valence electrons. The van der Waals surface area contributed by atoms with Gasteiger partial charge in [0.2, 0.25) is 11.8 Å². The monoisotopic (exact) mass is 293 g/mol. The molecule has 0 heterocycles. The van der Waals surface area contributed by atoms with E-state index in [1.807, 2.05) is 27.7 Å². The molecule has 0 aromatic carbocycles. The molecule has 2 amide bonds. The van der Waals surface area contributed by atoms with Crippen molar-refractivity contribution in [1.82, 2.24) is 15.5 Å². The van der Waals surface area contributed by atoms with E-state index in [2.05, 4.69) is 10.6 Å². The normalized spacial score (nSPS) is 11.4. The van der Waals surface area contributed by atoms with Crippen molar-refractivity contribution in [2.45, 2.75) is 46.6 Å². The van der Waals surface area contributed by atoms with E-state index in [9.17, 15) is 9.59 Å². The van der Waals surface area contributed by atoms with Crippen LogP contribution in [-0.4, -0.2) is 48.9 Å². The lowest BCUT2D eigenvalue weighted by molar-refractivity contribution is -0.133. The molecule has 2 N–H and O–H groups in total. The van der Waals surface area contributed by atoms with E-state index in [0.717, 1.165) is 6.54 Å². The Balaban J connectivity index is 0. The lowest BCUT2D eigenvalue weighted by Gasteiger charge is -2.18. The van der Waals surface area contributed by atoms with Gasteiger partial charge in [-0.25, -0.2) is 0 Å². The SMILES string of the molecule is CCN[C@H](C)CNC(=O)CCC(=O)N(CC)CC.Cl. The Morgan fingerprint density at radius 1 is 1.11 bits per heavy atom. The van der Waals surface area contributed by atoms with Gasteiger partial charge in [0.15, 0.2) is 0 Å². The first-order valence-electron chi connectivity index (χ1n) is 6.82. The smallest absolute Gasteiger partial charge is 0.223 e. The van der Waals surface area contributed by atoms with Crippen molar-refractivity contribution < 1.29 is 9.59 Å². The molecule has 0 rings (SSSR count). The summed E-state index contributed by atoms with van der Waals surface area (Å²) in [6.07, 6.45) is 0.567. The third kappa shape index (κ3) is 9.73. The molecule has 0 aliphatic heterocycles. The molecule has 0 aliphatic rings. The number of rotatable bonds is 9. The van der Waals surface area contributed by atoms with Crippen molar-refractivity contribution in [3.63, 3.8) is 0 Å². The molecular formula is C13H28ClN3O2. The minimum Gasteiger partial charge on any atom is -0.355 e. The maximum Gasteiger partial charge on any atom is 0.223 e. The Morgan fingerprint density at radius 3 is 2.16 bits per heavy atom. The second-order valence-corrected chi connectivity index (χ2v) is 4.33. The van der Waals surface area contributed by atoms with Crippen LogP contribution in [0.15, 0.2) is 0 Å². The Labute approximate surface area is 122 Å². The maximum atomic E-state index is 11.7. The Kier molecular flexibility index (Phi) is 13.2. The number of carbonyl (C=O) groups excluding carboxylic acids is 2. The van der Waals surface area contributed by atoms with Gasteiger partial charge in [-0.15, -0.1) is 12.4 Å². The van der Waals surface area contributed by atoms with Gasteiger partial charge in [0.05, 0.1) is 0 Å². The number of likely N-dealkylation sites (N-methyl/N-ethyl adjacent to an activating group) is 1. The van der Waals surface area contributed by atoms with Gasteiger partial charge in [0, 0.05) is 38.5 Å². The molecule has 0 radical (unpaired) electrons. The Bertz CT molecular complexity index is 258. The highest BCUT2D eigenvalue weighted by Crippen LogP contribution is 1.97. The van der Waals surface area contributed by atoms with Gasteiger partial charge in [-0.2, -0.15) is 0 Å². The first kappa shape index (κ1) is 20.5. The summed E-state index contributed by atoms with van der Waals surface area (Å²) in [5, 5.41) is 6.04. The zero-order valence-electron chi connectivity index (χ0n) is 12.5. The summed E-state index contributed by atoms with van der Waals surface area (Å²) in [5.74, 6) is -0.00450. The Morgan fingerprint density at radius 2 is 1.68 bits per heavy atom. The summed E-state index contributed by atoms with van der Waals surface area (Å²) in [7, 11) is 0. The van der Waals surface area contributed by atoms with Crippen LogP contribution in [-0.2, 0) is 9.59 Å². The first-order chi connectivity index (χ1) is 8.54. The predicted molar refractivity (Wildman–Crippen MR) is 80.6 cm³/mol. The van der Waals surface area contributed by atoms with E-state index in [0.29, 0.717) is 26.1 Å². The van der Waals surface area contributed by atoms with Crippen LogP contribution >= 0.6 is 12.4 Å². The van der Waals surface area contributed by atoms with Gasteiger partial charge in [-0.05, 0) is 27.3 Å². The number of nitrogens with one attached hydrogen (secondary N) is 2. The van der Waals surface area contributed by atoms with E-state index in [4.69, 9.17) is 0 Å². The van der Waals surface area contributed by atoms with Crippen molar-refractivity contribution in [3.8, 4) is 0 Å². The largest absolute Gasteiger partial charge is 0.355 e. The lowest BCUT2D eigenvalue weighted by Crippen LogP contribution is -2.39. The van der Waals surface area contributed by atoms with E-state index < -0.39 is 0 Å². The van der Waals surface area contributed by atoms with Crippen LogP contribution in [0.25, 0.3) is 0 Å². The van der Waals surface area contributed by atoms with Crippen molar-refractivity contribution in [2.75, 3.05) is 26.2 Å². The van der Waals surface area contributed by atoms with Crippen molar-refractivity contribution >= 4 is 24.2 Å². The van der Waals surface area contributed by atoms with Crippen molar-refractivity contribution in [3.05, 3.63) is 0 Å². The summed E-state index contributed by atoms with van der Waals surface area (Å²) >= 11 is 0. The predicted octanol–water partition coefficient (Wildman–Crippen LogP) is 1.17. The van der Waals surface area contributed by atoms with Crippen LogP contribution in [0.5, 0.6) is 0 Å². The van der Waals surface area contributed by atoms with Gasteiger partial charge in [-0.3, -0.25) is 9.59 Å². The molecule has 1 atom stereocenters. The maximum absolute atomic E-state index is 11.7. The molecule has 0 unspecified atom stereocenters.